The monoisotopic (exact) mass is 179 g/mol. The molecule has 6 heteroatoms. The fourth-order valence-corrected chi connectivity index (χ4v) is 1.05. The van der Waals surface area contributed by atoms with Crippen LogP contribution in [0.3, 0.4) is 0 Å². The first kappa shape index (κ1) is 8.19. The largest absolute Gasteiger partial charge is 0.365 e. The molecule has 1 heterocycles. The van der Waals surface area contributed by atoms with Gasteiger partial charge in [-0.1, -0.05) is 5.16 Å². The van der Waals surface area contributed by atoms with Crippen molar-refractivity contribution < 1.29 is 16.8 Å². The smallest absolute Gasteiger partial charge is 0.302 e. The van der Waals surface area contributed by atoms with Crippen LogP contribution < -0.4 is 0 Å². The van der Waals surface area contributed by atoms with Crippen LogP contribution in [-0.2, 0) is 16.6 Å². The van der Waals surface area contributed by atoms with Crippen LogP contribution in [0.25, 0.3) is 0 Å². The molecule has 0 aromatic carbocycles. The van der Waals surface area contributed by atoms with Gasteiger partial charge < -0.3 is 4.52 Å². The van der Waals surface area contributed by atoms with Crippen molar-refractivity contribution in [1.82, 2.24) is 5.16 Å². The van der Waals surface area contributed by atoms with Gasteiger partial charge in [0.25, 0.3) is 0 Å². The SMILES string of the molecule is O=S(=O)(F)CCc1ccon1. The number of rotatable bonds is 3. The maximum atomic E-state index is 11.9. The third-order valence-corrected chi connectivity index (χ3v) is 1.79. The highest BCUT2D eigenvalue weighted by molar-refractivity contribution is 7.86. The Kier molecular flexibility index (Phi) is 2.23. The molecule has 0 saturated carbocycles. The topological polar surface area (TPSA) is 60.2 Å². The Morgan fingerprint density at radius 3 is 2.82 bits per heavy atom. The van der Waals surface area contributed by atoms with Crippen molar-refractivity contribution in [1.29, 1.82) is 0 Å². The van der Waals surface area contributed by atoms with Crippen LogP contribution in [-0.4, -0.2) is 19.3 Å². The Bertz CT molecular complexity index is 304. The molecule has 0 radical (unpaired) electrons. The molecule has 0 bridgehead atoms. The summed E-state index contributed by atoms with van der Waals surface area (Å²) in [5, 5.41) is 3.41. The highest BCUT2D eigenvalue weighted by Crippen LogP contribution is 1.99. The molecule has 0 saturated heterocycles. The van der Waals surface area contributed by atoms with Gasteiger partial charge in [0.2, 0.25) is 0 Å². The van der Waals surface area contributed by atoms with Crippen LogP contribution in [0.5, 0.6) is 0 Å². The lowest BCUT2D eigenvalue weighted by molar-refractivity contribution is 0.412. The van der Waals surface area contributed by atoms with Gasteiger partial charge in [-0.3, -0.25) is 0 Å². The second-order valence-electron chi connectivity index (χ2n) is 1.98. The molecule has 0 aliphatic carbocycles. The Morgan fingerprint density at radius 1 is 1.64 bits per heavy atom. The van der Waals surface area contributed by atoms with Crippen molar-refractivity contribution in [3.63, 3.8) is 0 Å². The van der Waals surface area contributed by atoms with Crippen molar-refractivity contribution in [2.24, 2.45) is 0 Å². The number of nitrogens with zero attached hydrogens (tertiary/aromatic N) is 1. The van der Waals surface area contributed by atoms with E-state index in [0.29, 0.717) is 5.69 Å². The third-order valence-electron chi connectivity index (χ3n) is 1.09. The van der Waals surface area contributed by atoms with Crippen molar-refractivity contribution in [2.75, 3.05) is 5.75 Å². The summed E-state index contributed by atoms with van der Waals surface area (Å²) >= 11 is 0. The minimum atomic E-state index is -4.38. The first-order valence-electron chi connectivity index (χ1n) is 2.89. The molecule has 0 aliphatic rings. The molecule has 0 amide bonds. The summed E-state index contributed by atoms with van der Waals surface area (Å²) in [5.41, 5.74) is 0.436. The molecular formula is C5H6FNO3S. The summed E-state index contributed by atoms with van der Waals surface area (Å²) < 4.78 is 36.3. The van der Waals surface area contributed by atoms with Crippen LogP contribution in [0.4, 0.5) is 3.89 Å². The van der Waals surface area contributed by atoms with Gasteiger partial charge >= 0.3 is 10.2 Å². The summed E-state index contributed by atoms with van der Waals surface area (Å²) in [6.07, 6.45) is 1.36. The predicted octanol–water partition coefficient (Wildman–Crippen LogP) is 0.516. The zero-order chi connectivity index (χ0) is 8.32. The molecule has 1 rings (SSSR count). The molecule has 11 heavy (non-hydrogen) atoms. The molecule has 0 N–H and O–H groups in total. The molecule has 0 spiro atoms. The lowest BCUT2D eigenvalue weighted by atomic mass is 10.3. The molecule has 0 unspecified atom stereocenters. The van der Waals surface area contributed by atoms with Crippen LogP contribution in [0, 0.1) is 0 Å². The molecule has 4 nitrogen and oxygen atoms in total. The lowest BCUT2D eigenvalue weighted by Crippen LogP contribution is -2.01. The van der Waals surface area contributed by atoms with E-state index >= 15 is 0 Å². The zero-order valence-corrected chi connectivity index (χ0v) is 6.34. The van der Waals surface area contributed by atoms with Crippen molar-refractivity contribution in [3.8, 4) is 0 Å². The maximum absolute atomic E-state index is 11.9. The molecule has 1 aromatic heterocycles. The fourth-order valence-electron chi connectivity index (χ4n) is 0.593. The molecular weight excluding hydrogens is 173 g/mol. The van der Waals surface area contributed by atoms with Crippen LogP contribution in [0.2, 0.25) is 0 Å². The van der Waals surface area contributed by atoms with Gasteiger partial charge in [-0.15, -0.1) is 3.89 Å². The van der Waals surface area contributed by atoms with Gasteiger partial charge in [0.1, 0.15) is 6.26 Å². The number of hydrogen-bond acceptors (Lipinski definition) is 4. The number of hydrogen-bond donors (Lipinski definition) is 0. The van der Waals surface area contributed by atoms with Crippen molar-refractivity contribution in [2.45, 2.75) is 6.42 Å². The average molecular weight is 179 g/mol. The van der Waals surface area contributed by atoms with Gasteiger partial charge in [0, 0.05) is 12.5 Å². The molecule has 1 aromatic rings. The second kappa shape index (κ2) is 3.00. The summed E-state index contributed by atoms with van der Waals surface area (Å²) in [5.74, 6) is -0.542. The summed E-state index contributed by atoms with van der Waals surface area (Å²) in [4.78, 5) is 0. The van der Waals surface area contributed by atoms with E-state index in [9.17, 15) is 12.3 Å². The van der Waals surface area contributed by atoms with Crippen molar-refractivity contribution >= 4 is 10.2 Å². The minimum Gasteiger partial charge on any atom is -0.365 e. The van der Waals surface area contributed by atoms with Gasteiger partial charge in [-0.2, -0.15) is 8.42 Å². The van der Waals surface area contributed by atoms with E-state index in [-0.39, 0.29) is 6.42 Å². The van der Waals surface area contributed by atoms with Crippen LogP contribution in [0.1, 0.15) is 5.69 Å². The van der Waals surface area contributed by atoms with E-state index in [2.05, 4.69) is 9.68 Å². The number of aromatic nitrogens is 1. The summed E-state index contributed by atoms with van der Waals surface area (Å²) in [6.45, 7) is 0. The van der Waals surface area contributed by atoms with E-state index in [1.54, 1.807) is 0 Å². The maximum Gasteiger partial charge on any atom is 0.302 e. The standard InChI is InChI=1S/C5H6FNO3S/c6-11(8,9)4-2-5-1-3-10-7-5/h1,3H,2,4H2. The summed E-state index contributed by atoms with van der Waals surface area (Å²) in [7, 11) is -4.38. The number of aryl methyl sites for hydroxylation is 1. The van der Waals surface area contributed by atoms with Crippen LogP contribution >= 0.6 is 0 Å². The Balaban J connectivity index is 2.48. The second-order valence-corrected chi connectivity index (χ2v) is 3.47. The van der Waals surface area contributed by atoms with E-state index in [1.807, 2.05) is 0 Å². The Labute approximate surface area is 63.2 Å². The normalized spacial score (nSPS) is 11.7. The predicted molar refractivity (Wildman–Crippen MR) is 35.1 cm³/mol. The Hall–Kier alpha value is -0.910. The minimum absolute atomic E-state index is 0.0509. The van der Waals surface area contributed by atoms with Crippen molar-refractivity contribution in [3.05, 3.63) is 18.0 Å². The highest BCUT2D eigenvalue weighted by Gasteiger charge is 2.08. The molecule has 0 fully saturated rings. The molecule has 0 aliphatic heterocycles. The molecule has 0 atom stereocenters. The van der Waals surface area contributed by atoms with E-state index < -0.39 is 16.0 Å². The average Bonchev–Trinajstić information content (AvgIpc) is 2.32. The van der Waals surface area contributed by atoms with Gasteiger partial charge in [-0.25, -0.2) is 0 Å². The first-order valence-corrected chi connectivity index (χ1v) is 4.45. The van der Waals surface area contributed by atoms with Crippen LogP contribution in [0.15, 0.2) is 16.9 Å². The lowest BCUT2D eigenvalue weighted by Gasteiger charge is -1.88. The fraction of sp³-hybridized carbons (Fsp3) is 0.400. The van der Waals surface area contributed by atoms with Gasteiger partial charge in [0.05, 0.1) is 11.4 Å². The number of halogens is 1. The van der Waals surface area contributed by atoms with Gasteiger partial charge in [0.15, 0.2) is 0 Å². The first-order chi connectivity index (χ1) is 5.08. The van der Waals surface area contributed by atoms with E-state index in [4.69, 9.17) is 0 Å². The molecule has 62 valence electrons. The quantitative estimate of drug-likeness (QED) is 0.634. The third kappa shape index (κ3) is 3.13. The Morgan fingerprint density at radius 2 is 2.36 bits per heavy atom. The van der Waals surface area contributed by atoms with E-state index in [1.165, 1.54) is 12.3 Å². The van der Waals surface area contributed by atoms with E-state index in [0.717, 1.165) is 0 Å². The zero-order valence-electron chi connectivity index (χ0n) is 5.53. The van der Waals surface area contributed by atoms with Gasteiger partial charge in [-0.05, 0) is 0 Å². The highest BCUT2D eigenvalue weighted by atomic mass is 32.3. The summed E-state index contributed by atoms with van der Waals surface area (Å²) in [6, 6.07) is 1.49.